The van der Waals surface area contributed by atoms with Crippen molar-refractivity contribution in [2.24, 2.45) is 0 Å². The minimum atomic E-state index is 0.295. The summed E-state index contributed by atoms with van der Waals surface area (Å²) >= 11 is 1.61. The van der Waals surface area contributed by atoms with Gasteiger partial charge in [-0.3, -0.25) is 4.79 Å². The predicted octanol–water partition coefficient (Wildman–Crippen LogP) is 0.513. The van der Waals surface area contributed by atoms with E-state index in [1.165, 1.54) is 0 Å². The van der Waals surface area contributed by atoms with E-state index in [1.54, 1.807) is 11.8 Å². The van der Waals surface area contributed by atoms with Gasteiger partial charge in [-0.1, -0.05) is 6.92 Å². The third-order valence-electron chi connectivity index (χ3n) is 2.44. The molecule has 1 saturated heterocycles. The monoisotopic (exact) mass is 202 g/mol. The topological polar surface area (TPSA) is 23.6 Å². The van der Waals surface area contributed by atoms with Gasteiger partial charge in [0.05, 0.1) is 5.75 Å². The summed E-state index contributed by atoms with van der Waals surface area (Å²) in [6.07, 6.45) is 1.97. The molecule has 76 valence electrons. The van der Waals surface area contributed by atoms with E-state index in [-0.39, 0.29) is 0 Å². The van der Waals surface area contributed by atoms with Crippen LogP contribution in [0.25, 0.3) is 0 Å². The summed E-state index contributed by atoms with van der Waals surface area (Å²) in [6, 6.07) is 0. The van der Waals surface area contributed by atoms with Crippen LogP contribution < -0.4 is 0 Å². The van der Waals surface area contributed by atoms with E-state index in [4.69, 9.17) is 0 Å². The second-order valence-corrected chi connectivity index (χ2v) is 4.11. The number of hydrogen-bond acceptors (Lipinski definition) is 3. The van der Waals surface area contributed by atoms with E-state index in [1.807, 2.05) is 11.2 Å². The lowest BCUT2D eigenvalue weighted by Crippen LogP contribution is -2.49. The van der Waals surface area contributed by atoms with Crippen LogP contribution in [-0.2, 0) is 4.79 Å². The predicted molar refractivity (Wildman–Crippen MR) is 57.1 cm³/mol. The molecule has 1 aliphatic rings. The standard InChI is InChI=1S/C9H18N2OS/c1-3-10-4-6-11(7-5-10)9(12)8-13-2/h3-8H2,1-2H3. The van der Waals surface area contributed by atoms with E-state index in [9.17, 15) is 4.79 Å². The summed E-state index contributed by atoms with van der Waals surface area (Å²) in [6.45, 7) is 7.16. The zero-order valence-electron chi connectivity index (χ0n) is 8.45. The van der Waals surface area contributed by atoms with Gasteiger partial charge in [0, 0.05) is 26.2 Å². The molecule has 0 aromatic rings. The molecule has 13 heavy (non-hydrogen) atoms. The summed E-state index contributed by atoms with van der Waals surface area (Å²) < 4.78 is 0. The Morgan fingerprint density at radius 3 is 2.38 bits per heavy atom. The molecule has 0 atom stereocenters. The van der Waals surface area contributed by atoms with Gasteiger partial charge in [0.25, 0.3) is 0 Å². The maximum Gasteiger partial charge on any atom is 0.232 e. The van der Waals surface area contributed by atoms with Crippen LogP contribution in [0.2, 0.25) is 0 Å². The van der Waals surface area contributed by atoms with Crippen molar-refractivity contribution < 1.29 is 4.79 Å². The summed E-state index contributed by atoms with van der Waals surface area (Å²) in [5, 5.41) is 0. The van der Waals surface area contributed by atoms with Crippen molar-refractivity contribution in [2.75, 3.05) is 44.7 Å². The molecule has 0 N–H and O–H groups in total. The number of piperazine rings is 1. The average Bonchev–Trinajstić information content (AvgIpc) is 2.18. The van der Waals surface area contributed by atoms with Crippen LogP contribution in [-0.4, -0.2) is 60.4 Å². The maximum absolute atomic E-state index is 11.5. The first-order valence-electron chi connectivity index (χ1n) is 4.77. The molecule has 1 heterocycles. The molecule has 0 aromatic carbocycles. The van der Waals surface area contributed by atoms with Gasteiger partial charge in [0.15, 0.2) is 0 Å². The number of amides is 1. The molecular formula is C9H18N2OS. The molecule has 1 amide bonds. The van der Waals surface area contributed by atoms with Gasteiger partial charge in [0.1, 0.15) is 0 Å². The summed E-state index contributed by atoms with van der Waals surface area (Å²) in [5.74, 6) is 0.926. The number of hydrogen-bond donors (Lipinski definition) is 0. The molecule has 0 bridgehead atoms. The Balaban J connectivity index is 2.28. The van der Waals surface area contributed by atoms with E-state index >= 15 is 0 Å². The summed E-state index contributed by atoms with van der Waals surface area (Å²) in [5.41, 5.74) is 0. The molecular weight excluding hydrogens is 184 g/mol. The SMILES string of the molecule is CCN1CCN(C(=O)CSC)CC1. The number of carbonyl (C=O) groups excluding carboxylic acids is 1. The van der Waals surface area contributed by atoms with Crippen LogP contribution in [0.5, 0.6) is 0 Å². The van der Waals surface area contributed by atoms with E-state index in [0.29, 0.717) is 11.7 Å². The van der Waals surface area contributed by atoms with E-state index in [0.717, 1.165) is 32.7 Å². The molecule has 1 aliphatic heterocycles. The molecule has 0 radical (unpaired) electrons. The first kappa shape index (κ1) is 10.9. The van der Waals surface area contributed by atoms with Gasteiger partial charge in [0.2, 0.25) is 5.91 Å². The van der Waals surface area contributed by atoms with Gasteiger partial charge in [-0.25, -0.2) is 0 Å². The molecule has 0 unspecified atom stereocenters. The van der Waals surface area contributed by atoms with E-state index < -0.39 is 0 Å². The van der Waals surface area contributed by atoms with Gasteiger partial charge in [-0.2, -0.15) is 11.8 Å². The molecule has 0 spiro atoms. The van der Waals surface area contributed by atoms with Crippen molar-refractivity contribution in [3.8, 4) is 0 Å². The van der Waals surface area contributed by atoms with Crippen LogP contribution >= 0.6 is 11.8 Å². The minimum absolute atomic E-state index is 0.295. The van der Waals surface area contributed by atoms with Crippen molar-refractivity contribution >= 4 is 17.7 Å². The smallest absolute Gasteiger partial charge is 0.232 e. The second kappa shape index (κ2) is 5.50. The Morgan fingerprint density at radius 1 is 1.31 bits per heavy atom. The molecule has 4 heteroatoms. The van der Waals surface area contributed by atoms with Crippen molar-refractivity contribution in [3.05, 3.63) is 0 Å². The minimum Gasteiger partial charge on any atom is -0.339 e. The van der Waals surface area contributed by atoms with E-state index in [2.05, 4.69) is 11.8 Å². The van der Waals surface area contributed by atoms with Crippen molar-refractivity contribution in [1.29, 1.82) is 0 Å². The number of likely N-dealkylation sites (N-methyl/N-ethyl adjacent to an activating group) is 1. The first-order valence-corrected chi connectivity index (χ1v) is 6.16. The van der Waals surface area contributed by atoms with Gasteiger partial charge < -0.3 is 9.80 Å². The summed E-state index contributed by atoms with van der Waals surface area (Å²) in [7, 11) is 0. The normalized spacial score (nSPS) is 19.1. The Kier molecular flexibility index (Phi) is 4.59. The lowest BCUT2D eigenvalue weighted by atomic mass is 10.3. The first-order chi connectivity index (χ1) is 6.27. The Hall–Kier alpha value is -0.220. The highest BCUT2D eigenvalue weighted by atomic mass is 32.2. The largest absolute Gasteiger partial charge is 0.339 e. The quantitative estimate of drug-likeness (QED) is 0.666. The van der Waals surface area contributed by atoms with Crippen molar-refractivity contribution in [2.45, 2.75) is 6.92 Å². The fraction of sp³-hybridized carbons (Fsp3) is 0.889. The molecule has 0 saturated carbocycles. The zero-order valence-corrected chi connectivity index (χ0v) is 9.27. The molecule has 0 aliphatic carbocycles. The number of carbonyl (C=O) groups is 1. The average molecular weight is 202 g/mol. The number of thioether (sulfide) groups is 1. The highest BCUT2D eigenvalue weighted by Gasteiger charge is 2.18. The van der Waals surface area contributed by atoms with Crippen molar-refractivity contribution in [3.63, 3.8) is 0 Å². The fourth-order valence-electron chi connectivity index (χ4n) is 1.53. The van der Waals surface area contributed by atoms with Crippen LogP contribution in [0.4, 0.5) is 0 Å². The summed E-state index contributed by atoms with van der Waals surface area (Å²) in [4.78, 5) is 15.8. The number of nitrogens with zero attached hydrogens (tertiary/aromatic N) is 2. The zero-order chi connectivity index (χ0) is 9.68. The van der Waals surface area contributed by atoms with Crippen molar-refractivity contribution in [1.82, 2.24) is 9.80 Å². The third kappa shape index (κ3) is 3.19. The van der Waals surface area contributed by atoms with Gasteiger partial charge >= 0.3 is 0 Å². The van der Waals surface area contributed by atoms with Crippen LogP contribution in [0.15, 0.2) is 0 Å². The lowest BCUT2D eigenvalue weighted by molar-refractivity contribution is -0.130. The highest BCUT2D eigenvalue weighted by molar-refractivity contribution is 7.99. The Bertz CT molecular complexity index is 167. The third-order valence-corrected chi connectivity index (χ3v) is 2.98. The van der Waals surface area contributed by atoms with Gasteiger partial charge in [-0.05, 0) is 12.8 Å². The van der Waals surface area contributed by atoms with Gasteiger partial charge in [-0.15, -0.1) is 0 Å². The fourth-order valence-corrected chi connectivity index (χ4v) is 1.96. The molecule has 1 fully saturated rings. The maximum atomic E-state index is 11.5. The van der Waals surface area contributed by atoms with Crippen LogP contribution in [0.3, 0.4) is 0 Å². The Labute approximate surface area is 84.5 Å². The molecule has 0 aromatic heterocycles. The Morgan fingerprint density at radius 2 is 1.92 bits per heavy atom. The second-order valence-electron chi connectivity index (χ2n) is 3.25. The molecule has 3 nitrogen and oxygen atoms in total. The van der Waals surface area contributed by atoms with Crippen LogP contribution in [0.1, 0.15) is 6.92 Å². The highest BCUT2D eigenvalue weighted by Crippen LogP contribution is 2.04. The lowest BCUT2D eigenvalue weighted by Gasteiger charge is -2.33. The number of rotatable bonds is 3. The van der Waals surface area contributed by atoms with Crippen LogP contribution in [0, 0.1) is 0 Å². The molecule has 1 rings (SSSR count).